The van der Waals surface area contributed by atoms with Gasteiger partial charge in [-0.15, -0.1) is 0 Å². The van der Waals surface area contributed by atoms with Gasteiger partial charge in [0.05, 0.1) is 23.8 Å². The number of amides is 1. The van der Waals surface area contributed by atoms with Gasteiger partial charge < -0.3 is 31.8 Å². The summed E-state index contributed by atoms with van der Waals surface area (Å²) in [6.45, 7) is 0.321. The Balaban J connectivity index is 1.77. The van der Waals surface area contributed by atoms with Crippen LogP contribution < -0.4 is 26.7 Å². The number of ether oxygens (including phenoxy) is 2. The molecule has 3 rings (SSSR count). The second-order valence-corrected chi connectivity index (χ2v) is 8.41. The highest BCUT2D eigenvalue weighted by molar-refractivity contribution is 5.94. The number of ketones is 1. The lowest BCUT2D eigenvalue weighted by molar-refractivity contribution is -0.145. The van der Waals surface area contributed by atoms with E-state index in [-0.39, 0.29) is 36.8 Å². The number of hydrogen-bond acceptors (Lipinski definition) is 7. The van der Waals surface area contributed by atoms with Crippen LogP contribution in [0.4, 0.5) is 5.69 Å². The molecule has 11 heteroatoms. The van der Waals surface area contributed by atoms with Crippen LogP contribution in [0.25, 0.3) is 0 Å². The van der Waals surface area contributed by atoms with Crippen LogP contribution in [0.2, 0.25) is 0 Å². The van der Waals surface area contributed by atoms with Gasteiger partial charge in [-0.1, -0.05) is 12.1 Å². The number of aryl methyl sites for hydroxylation is 2. The molecule has 1 aliphatic heterocycles. The minimum Gasteiger partial charge on any atom is -0.489 e. The number of rotatable bonds is 9. The molecule has 1 amide bonds. The molecule has 0 aromatic heterocycles. The van der Waals surface area contributed by atoms with E-state index in [9.17, 15) is 24.3 Å². The first-order valence-corrected chi connectivity index (χ1v) is 11.4. The van der Waals surface area contributed by atoms with Crippen molar-refractivity contribution in [3.05, 3.63) is 53.1 Å². The van der Waals surface area contributed by atoms with Gasteiger partial charge in [0.2, 0.25) is 5.91 Å². The van der Waals surface area contributed by atoms with Crippen LogP contribution in [0.15, 0.2) is 41.4 Å². The quantitative estimate of drug-likeness (QED) is 0.172. The highest BCUT2D eigenvalue weighted by Gasteiger charge is 2.24. The lowest BCUT2D eigenvalue weighted by Crippen LogP contribution is -2.25. The smallest absolute Gasteiger partial charge is 0.343 e. The average molecular weight is 497 g/mol. The number of carbonyl (C=O) groups excluding carboxylic acids is 3. The number of guanidine groups is 1. The lowest BCUT2D eigenvalue weighted by atomic mass is 9.95. The molecule has 1 heterocycles. The summed E-state index contributed by atoms with van der Waals surface area (Å²) in [5, 5.41) is 9.22. The number of esters is 1. The summed E-state index contributed by atoms with van der Waals surface area (Å²) in [5.41, 5.74) is 18.2. The summed E-state index contributed by atoms with van der Waals surface area (Å²) in [6.07, 6.45) is 0.654. The van der Waals surface area contributed by atoms with Crippen molar-refractivity contribution < 1.29 is 33.8 Å². The maximum atomic E-state index is 13.0. The maximum Gasteiger partial charge on any atom is 0.343 e. The number of carbonyl (C=O) groups is 4. The van der Waals surface area contributed by atoms with Crippen molar-refractivity contribution in [2.75, 3.05) is 6.61 Å². The second-order valence-electron chi connectivity index (χ2n) is 8.41. The molecule has 190 valence electrons. The monoisotopic (exact) mass is 496 g/mol. The van der Waals surface area contributed by atoms with Crippen LogP contribution in [0.1, 0.15) is 47.2 Å². The Morgan fingerprint density at radius 3 is 2.56 bits per heavy atom. The van der Waals surface area contributed by atoms with E-state index in [4.69, 9.17) is 26.7 Å². The molecule has 0 fully saturated rings. The molecule has 0 saturated carbocycles. The fourth-order valence-corrected chi connectivity index (χ4v) is 3.94. The molecule has 0 aliphatic carbocycles. The van der Waals surface area contributed by atoms with Gasteiger partial charge in [-0.05, 0) is 54.7 Å². The van der Waals surface area contributed by atoms with Crippen LogP contribution in [0, 0.1) is 5.92 Å². The Morgan fingerprint density at radius 1 is 1.08 bits per heavy atom. The first-order valence-electron chi connectivity index (χ1n) is 11.4. The van der Waals surface area contributed by atoms with Gasteiger partial charge in [-0.3, -0.25) is 14.4 Å². The fourth-order valence-electron chi connectivity index (χ4n) is 3.94. The van der Waals surface area contributed by atoms with Crippen molar-refractivity contribution in [2.45, 2.75) is 38.5 Å². The number of aliphatic carboxylic acids is 1. The number of carboxylic acids is 1. The van der Waals surface area contributed by atoms with E-state index in [2.05, 4.69) is 4.99 Å². The number of fused-ring (bicyclic) bond motifs is 2. The molecule has 0 radical (unpaired) electrons. The molecule has 0 bridgehead atoms. The van der Waals surface area contributed by atoms with E-state index < -0.39 is 30.2 Å². The molecule has 0 spiro atoms. The molecule has 0 unspecified atom stereocenters. The van der Waals surface area contributed by atoms with Crippen LogP contribution in [-0.4, -0.2) is 41.3 Å². The highest BCUT2D eigenvalue weighted by atomic mass is 16.6. The third-order valence-corrected chi connectivity index (χ3v) is 5.61. The normalized spacial score (nSPS) is 13.7. The van der Waals surface area contributed by atoms with Crippen LogP contribution >= 0.6 is 0 Å². The number of Topliss-reactive ketones (excluding diaryl/α,β-unsaturated/α-hetero) is 1. The van der Waals surface area contributed by atoms with E-state index in [1.54, 1.807) is 36.4 Å². The zero-order chi connectivity index (χ0) is 26.2. The summed E-state index contributed by atoms with van der Waals surface area (Å²) >= 11 is 0. The summed E-state index contributed by atoms with van der Waals surface area (Å²) in [5.74, 6) is -3.62. The van der Waals surface area contributed by atoms with E-state index >= 15 is 0 Å². The Hall–Kier alpha value is -4.41. The predicted molar refractivity (Wildman–Crippen MR) is 130 cm³/mol. The molecule has 7 N–H and O–H groups in total. The Morgan fingerprint density at radius 2 is 1.86 bits per heavy atom. The highest BCUT2D eigenvalue weighted by Crippen LogP contribution is 2.34. The zero-order valence-corrected chi connectivity index (χ0v) is 19.6. The van der Waals surface area contributed by atoms with Crippen molar-refractivity contribution >= 4 is 35.3 Å². The first kappa shape index (κ1) is 26.2. The molecule has 11 nitrogen and oxygen atoms in total. The third kappa shape index (κ3) is 7.05. The van der Waals surface area contributed by atoms with Gasteiger partial charge in [-0.25, -0.2) is 9.79 Å². The molecular weight excluding hydrogens is 468 g/mol. The molecule has 1 atom stereocenters. The number of nitrogens with two attached hydrogens (primary N) is 3. The second kappa shape index (κ2) is 11.8. The van der Waals surface area contributed by atoms with Crippen LogP contribution in [0.3, 0.4) is 0 Å². The Labute approximate surface area is 207 Å². The summed E-state index contributed by atoms with van der Waals surface area (Å²) in [6, 6.07) is 9.98. The Kier molecular flexibility index (Phi) is 8.61. The standard InChI is InChI=1S/C25H28N4O7/c26-21(31)13-16(23(32)33)12-18(30)8-6-14-3-1-5-20-22(14)35-10-2-4-15-11-17(29-25(27)28)7-9-19(15)24(34)36-20/h1,3,5,7,9,11,16H,2,4,6,8,10,12-13H2,(H2,26,31)(H,32,33)(H4,27,28,29)/t16-/m0/s1. The van der Waals surface area contributed by atoms with E-state index in [1.165, 1.54) is 0 Å². The van der Waals surface area contributed by atoms with Gasteiger partial charge in [0, 0.05) is 19.3 Å². The van der Waals surface area contributed by atoms with Gasteiger partial charge in [-0.2, -0.15) is 0 Å². The molecule has 2 aromatic carbocycles. The van der Waals surface area contributed by atoms with Gasteiger partial charge in [0.25, 0.3) is 0 Å². The van der Waals surface area contributed by atoms with Crippen LogP contribution in [0.5, 0.6) is 11.5 Å². The number of aliphatic imine (C=N–C) groups is 1. The van der Waals surface area contributed by atoms with Gasteiger partial charge in [0.15, 0.2) is 17.5 Å². The molecular formula is C25H28N4O7. The largest absolute Gasteiger partial charge is 0.489 e. The number of nitrogens with zero attached hydrogens (tertiary/aromatic N) is 1. The molecule has 2 aromatic rings. The van der Waals surface area contributed by atoms with Crippen molar-refractivity contribution in [3.8, 4) is 11.5 Å². The average Bonchev–Trinajstić information content (AvgIpc) is 2.80. The predicted octanol–water partition coefficient (Wildman–Crippen LogP) is 1.60. The van der Waals surface area contributed by atoms with Crippen molar-refractivity contribution in [2.24, 2.45) is 28.1 Å². The number of hydrogen-bond donors (Lipinski definition) is 4. The molecule has 1 aliphatic rings. The number of benzene rings is 2. The minimum absolute atomic E-state index is 0.0205. The fraction of sp³-hybridized carbons (Fsp3) is 0.320. The summed E-state index contributed by atoms with van der Waals surface area (Å²) < 4.78 is 11.6. The number of para-hydroxylation sites is 1. The molecule has 36 heavy (non-hydrogen) atoms. The van der Waals surface area contributed by atoms with E-state index in [1.807, 2.05) is 0 Å². The van der Waals surface area contributed by atoms with Crippen LogP contribution in [-0.2, 0) is 27.2 Å². The SMILES string of the molecule is NC(=O)C[C@H](CC(=O)CCc1cccc2c1OCCCc1cc(N=C(N)N)ccc1C(=O)O2)C(=O)O. The topological polar surface area (TPSA) is 197 Å². The Bertz CT molecular complexity index is 1200. The maximum absolute atomic E-state index is 13.0. The summed E-state index contributed by atoms with van der Waals surface area (Å²) in [4.78, 5) is 51.8. The minimum atomic E-state index is -1.25. The van der Waals surface area contributed by atoms with Gasteiger partial charge >= 0.3 is 11.9 Å². The number of carboxylic acid groups (broad SMARTS) is 1. The number of primary amides is 1. The van der Waals surface area contributed by atoms with E-state index in [0.29, 0.717) is 42.0 Å². The van der Waals surface area contributed by atoms with Crippen molar-refractivity contribution in [1.29, 1.82) is 0 Å². The molecule has 0 saturated heterocycles. The van der Waals surface area contributed by atoms with Gasteiger partial charge in [0.1, 0.15) is 5.78 Å². The lowest BCUT2D eigenvalue weighted by Gasteiger charge is -2.19. The zero-order valence-electron chi connectivity index (χ0n) is 19.6. The summed E-state index contributed by atoms with van der Waals surface area (Å²) in [7, 11) is 0. The van der Waals surface area contributed by atoms with Crippen molar-refractivity contribution in [3.63, 3.8) is 0 Å². The van der Waals surface area contributed by atoms with E-state index in [0.717, 1.165) is 5.56 Å². The first-order chi connectivity index (χ1) is 17.1. The third-order valence-electron chi connectivity index (χ3n) is 5.61. The van der Waals surface area contributed by atoms with Crippen molar-refractivity contribution in [1.82, 2.24) is 0 Å².